The van der Waals surface area contributed by atoms with Crippen molar-refractivity contribution in [2.45, 2.75) is 46.1 Å². The molecule has 0 fully saturated rings. The first kappa shape index (κ1) is 10.6. The number of nitrogens with two attached hydrogens (primary N) is 1. The van der Waals surface area contributed by atoms with Gasteiger partial charge in [0.2, 0.25) is 0 Å². The summed E-state index contributed by atoms with van der Waals surface area (Å²) in [5, 5.41) is 0. The average Bonchev–Trinajstić information content (AvgIpc) is 1.98. The van der Waals surface area contributed by atoms with Crippen LogP contribution in [-0.4, -0.2) is 11.8 Å². The maximum absolute atomic E-state index is 11.0. The third-order valence-corrected chi connectivity index (χ3v) is 1.82. The smallest absolute Gasteiger partial charge is 0.149 e. The van der Waals surface area contributed by atoms with Crippen molar-refractivity contribution in [2.24, 2.45) is 11.7 Å². The fraction of sp³-hybridized carbons (Fsp3) is 0.889. The monoisotopic (exact) mass is 157 g/mol. The third kappa shape index (κ3) is 4.96. The van der Waals surface area contributed by atoms with E-state index in [1.54, 1.807) is 0 Å². The molecular formula is C9H19NO. The summed E-state index contributed by atoms with van der Waals surface area (Å²) in [4.78, 5) is 11.0. The fourth-order valence-corrected chi connectivity index (χ4v) is 0.936. The Morgan fingerprint density at radius 2 is 1.91 bits per heavy atom. The van der Waals surface area contributed by atoms with Crippen LogP contribution >= 0.6 is 0 Å². The molecule has 11 heavy (non-hydrogen) atoms. The zero-order chi connectivity index (χ0) is 8.85. The lowest BCUT2D eigenvalue weighted by molar-refractivity contribution is -0.120. The van der Waals surface area contributed by atoms with E-state index in [2.05, 4.69) is 13.8 Å². The van der Waals surface area contributed by atoms with E-state index >= 15 is 0 Å². The number of Topliss-reactive ketones (excluding diaryl/α,β-unsaturated/α-hetero) is 1. The van der Waals surface area contributed by atoms with Crippen LogP contribution < -0.4 is 5.73 Å². The van der Waals surface area contributed by atoms with E-state index in [-0.39, 0.29) is 11.8 Å². The minimum Gasteiger partial charge on any atom is -0.322 e. The molecule has 1 unspecified atom stereocenters. The number of rotatable bonds is 5. The maximum Gasteiger partial charge on any atom is 0.149 e. The molecule has 0 rings (SSSR count). The molecule has 0 aromatic heterocycles. The summed E-state index contributed by atoms with van der Waals surface area (Å²) in [6.45, 7) is 6.14. The number of carbonyl (C=O) groups excluding carboxylic acids is 1. The number of carbonyl (C=O) groups is 1. The van der Waals surface area contributed by atoms with Crippen molar-refractivity contribution in [2.75, 3.05) is 0 Å². The van der Waals surface area contributed by atoms with Crippen molar-refractivity contribution in [1.82, 2.24) is 0 Å². The standard InChI is InChI=1S/C9H19NO/c1-4-9(11)8(10)6-5-7(2)3/h7-8H,4-6,10H2,1-3H3. The van der Waals surface area contributed by atoms with E-state index in [0.29, 0.717) is 12.3 Å². The average molecular weight is 157 g/mol. The van der Waals surface area contributed by atoms with Crippen LogP contribution in [0.2, 0.25) is 0 Å². The molecule has 0 saturated heterocycles. The van der Waals surface area contributed by atoms with E-state index < -0.39 is 0 Å². The van der Waals surface area contributed by atoms with Gasteiger partial charge in [-0.15, -0.1) is 0 Å². The Morgan fingerprint density at radius 3 is 2.27 bits per heavy atom. The van der Waals surface area contributed by atoms with Gasteiger partial charge in [0.15, 0.2) is 0 Å². The molecule has 66 valence electrons. The van der Waals surface area contributed by atoms with Crippen molar-refractivity contribution < 1.29 is 4.79 Å². The first-order valence-electron chi connectivity index (χ1n) is 4.36. The Morgan fingerprint density at radius 1 is 1.36 bits per heavy atom. The van der Waals surface area contributed by atoms with Crippen molar-refractivity contribution in [1.29, 1.82) is 0 Å². The summed E-state index contributed by atoms with van der Waals surface area (Å²) in [6.07, 6.45) is 2.45. The van der Waals surface area contributed by atoms with Crippen molar-refractivity contribution in [3.63, 3.8) is 0 Å². The Kier molecular flexibility index (Phi) is 5.12. The second-order valence-electron chi connectivity index (χ2n) is 3.40. The van der Waals surface area contributed by atoms with Crippen LogP contribution in [0.15, 0.2) is 0 Å². The van der Waals surface area contributed by atoms with E-state index in [1.807, 2.05) is 6.92 Å². The van der Waals surface area contributed by atoms with Gasteiger partial charge in [-0.3, -0.25) is 4.79 Å². The molecular weight excluding hydrogens is 138 g/mol. The Hall–Kier alpha value is -0.370. The van der Waals surface area contributed by atoms with Gasteiger partial charge in [0.1, 0.15) is 5.78 Å². The predicted octanol–water partition coefficient (Wildman–Crippen LogP) is 1.73. The molecule has 0 amide bonds. The normalized spacial score (nSPS) is 13.5. The van der Waals surface area contributed by atoms with Gasteiger partial charge >= 0.3 is 0 Å². The molecule has 0 spiro atoms. The molecule has 1 atom stereocenters. The molecule has 0 aliphatic rings. The van der Waals surface area contributed by atoms with Crippen molar-refractivity contribution >= 4 is 5.78 Å². The molecule has 0 aromatic rings. The maximum atomic E-state index is 11.0. The first-order chi connectivity index (χ1) is 5.07. The van der Waals surface area contributed by atoms with Gasteiger partial charge in [0.25, 0.3) is 0 Å². The lowest BCUT2D eigenvalue weighted by Crippen LogP contribution is -2.30. The molecule has 0 radical (unpaired) electrons. The molecule has 2 N–H and O–H groups in total. The van der Waals surface area contributed by atoms with Crippen LogP contribution in [0.25, 0.3) is 0 Å². The van der Waals surface area contributed by atoms with E-state index in [1.165, 1.54) is 0 Å². The zero-order valence-electron chi connectivity index (χ0n) is 7.76. The summed E-state index contributed by atoms with van der Waals surface area (Å²) in [5.74, 6) is 0.830. The van der Waals surface area contributed by atoms with E-state index in [4.69, 9.17) is 5.73 Å². The highest BCUT2D eigenvalue weighted by Gasteiger charge is 2.10. The van der Waals surface area contributed by atoms with Crippen LogP contribution in [0.4, 0.5) is 0 Å². The molecule has 0 aliphatic carbocycles. The van der Waals surface area contributed by atoms with Crippen molar-refractivity contribution in [3.05, 3.63) is 0 Å². The van der Waals surface area contributed by atoms with Gasteiger partial charge in [-0.2, -0.15) is 0 Å². The lowest BCUT2D eigenvalue weighted by Gasteiger charge is -2.10. The van der Waals surface area contributed by atoms with E-state index in [0.717, 1.165) is 12.8 Å². The van der Waals surface area contributed by atoms with E-state index in [9.17, 15) is 4.79 Å². The highest BCUT2D eigenvalue weighted by Crippen LogP contribution is 2.06. The third-order valence-electron chi connectivity index (χ3n) is 1.82. The quantitative estimate of drug-likeness (QED) is 0.660. The molecule has 2 heteroatoms. The lowest BCUT2D eigenvalue weighted by atomic mass is 10.0. The van der Waals surface area contributed by atoms with Gasteiger partial charge in [-0.05, 0) is 18.8 Å². The van der Waals surface area contributed by atoms with Crippen LogP contribution in [-0.2, 0) is 4.79 Å². The summed E-state index contributed by atoms with van der Waals surface area (Å²) in [7, 11) is 0. The second kappa shape index (κ2) is 5.30. The molecule has 0 bridgehead atoms. The van der Waals surface area contributed by atoms with Crippen LogP contribution in [0.3, 0.4) is 0 Å². The Bertz CT molecular complexity index is 121. The Balaban J connectivity index is 3.52. The minimum absolute atomic E-state index is 0.186. The predicted molar refractivity (Wildman–Crippen MR) is 47.3 cm³/mol. The largest absolute Gasteiger partial charge is 0.322 e. The minimum atomic E-state index is -0.220. The van der Waals surface area contributed by atoms with Gasteiger partial charge in [-0.1, -0.05) is 20.8 Å². The van der Waals surface area contributed by atoms with Crippen molar-refractivity contribution in [3.8, 4) is 0 Å². The SMILES string of the molecule is CCC(=O)C(N)CCC(C)C. The van der Waals surface area contributed by atoms with Gasteiger partial charge in [0.05, 0.1) is 6.04 Å². The van der Waals surface area contributed by atoms with Gasteiger partial charge < -0.3 is 5.73 Å². The molecule has 0 aliphatic heterocycles. The summed E-state index contributed by atoms with van der Waals surface area (Å²) in [5.41, 5.74) is 5.63. The van der Waals surface area contributed by atoms with Crippen LogP contribution in [0.5, 0.6) is 0 Å². The van der Waals surface area contributed by atoms with Gasteiger partial charge in [-0.25, -0.2) is 0 Å². The molecule has 2 nitrogen and oxygen atoms in total. The molecule has 0 heterocycles. The van der Waals surface area contributed by atoms with Crippen LogP contribution in [0, 0.1) is 5.92 Å². The molecule has 0 aromatic carbocycles. The highest BCUT2D eigenvalue weighted by atomic mass is 16.1. The number of hydrogen-bond acceptors (Lipinski definition) is 2. The number of hydrogen-bond donors (Lipinski definition) is 1. The fourth-order valence-electron chi connectivity index (χ4n) is 0.936. The van der Waals surface area contributed by atoms with Crippen LogP contribution in [0.1, 0.15) is 40.0 Å². The number of ketones is 1. The first-order valence-corrected chi connectivity index (χ1v) is 4.36. The summed E-state index contributed by atoms with van der Waals surface area (Å²) >= 11 is 0. The highest BCUT2D eigenvalue weighted by molar-refractivity contribution is 5.83. The molecule has 0 saturated carbocycles. The summed E-state index contributed by atoms with van der Waals surface area (Å²) in [6, 6.07) is -0.220. The topological polar surface area (TPSA) is 43.1 Å². The zero-order valence-corrected chi connectivity index (χ0v) is 7.76. The summed E-state index contributed by atoms with van der Waals surface area (Å²) < 4.78 is 0. The Labute approximate surface area is 69.2 Å². The second-order valence-corrected chi connectivity index (χ2v) is 3.40. The van der Waals surface area contributed by atoms with Gasteiger partial charge in [0, 0.05) is 6.42 Å².